The molecule has 3 rings (SSSR count). The third kappa shape index (κ3) is 3.46. The Morgan fingerprint density at radius 3 is 2.62 bits per heavy atom. The average molecular weight is 356 g/mol. The molecule has 1 aromatic rings. The summed E-state index contributed by atoms with van der Waals surface area (Å²) < 4.78 is 0. The Labute approximate surface area is 154 Å². The van der Waals surface area contributed by atoms with E-state index in [1.165, 1.54) is 5.56 Å². The van der Waals surface area contributed by atoms with Crippen molar-refractivity contribution in [2.45, 2.75) is 50.5 Å². The zero-order valence-corrected chi connectivity index (χ0v) is 15.2. The second kappa shape index (κ2) is 7.11. The molecule has 0 heterocycles. The van der Waals surface area contributed by atoms with Gasteiger partial charge in [-0.05, 0) is 67.7 Å². The zero-order valence-electron chi connectivity index (χ0n) is 15.2. The highest BCUT2D eigenvalue weighted by atomic mass is 16.3. The predicted molar refractivity (Wildman–Crippen MR) is 104 cm³/mol. The van der Waals surface area contributed by atoms with Crippen LogP contribution in [0.4, 0.5) is 0 Å². The first-order valence-electron chi connectivity index (χ1n) is 9.14. The largest absolute Gasteiger partial charge is 0.508 e. The fraction of sp³-hybridized carbons (Fsp3) is 0.500. The van der Waals surface area contributed by atoms with Crippen LogP contribution in [0.15, 0.2) is 46.6 Å². The van der Waals surface area contributed by atoms with Gasteiger partial charge in [-0.1, -0.05) is 25.1 Å². The first-order valence-corrected chi connectivity index (χ1v) is 9.14. The number of nitrogens with two attached hydrogens (primary N) is 2. The molecule has 0 radical (unpaired) electrons. The number of hydrogen-bond donors (Lipinski definition) is 4. The Morgan fingerprint density at radius 2 is 1.92 bits per heavy atom. The van der Waals surface area contributed by atoms with Crippen molar-refractivity contribution in [2.24, 2.45) is 33.0 Å². The van der Waals surface area contributed by atoms with Gasteiger partial charge in [0.25, 0.3) is 0 Å². The van der Waals surface area contributed by atoms with Gasteiger partial charge in [0.2, 0.25) is 5.96 Å². The van der Waals surface area contributed by atoms with Crippen LogP contribution >= 0.6 is 0 Å². The Morgan fingerprint density at radius 1 is 1.19 bits per heavy atom. The van der Waals surface area contributed by atoms with E-state index in [0.29, 0.717) is 11.8 Å². The molecule has 2 aliphatic carbocycles. The molecule has 26 heavy (non-hydrogen) atoms. The molecule has 6 heteroatoms. The number of phenolic OH excluding ortho intramolecular Hbond substituents is 1. The summed E-state index contributed by atoms with van der Waals surface area (Å²) in [5.41, 5.74) is 10.9. The molecule has 0 aliphatic heterocycles. The van der Waals surface area contributed by atoms with Crippen LogP contribution < -0.4 is 11.5 Å². The molecule has 0 bridgehead atoms. The predicted octanol–water partition coefficient (Wildman–Crippen LogP) is 2.62. The number of phenols is 1. The lowest BCUT2D eigenvalue weighted by atomic mass is 9.59. The minimum atomic E-state index is -0.667. The molecule has 2 aliphatic rings. The number of aromatic hydroxyl groups is 1. The van der Waals surface area contributed by atoms with E-state index in [1.807, 2.05) is 18.2 Å². The fourth-order valence-corrected chi connectivity index (χ4v) is 4.74. The quantitative estimate of drug-likeness (QED) is 0.377. The lowest BCUT2D eigenvalue weighted by Crippen LogP contribution is -2.49. The monoisotopic (exact) mass is 356 g/mol. The summed E-state index contributed by atoms with van der Waals surface area (Å²) in [5, 5.41) is 28.3. The molecule has 0 amide bonds. The maximum atomic E-state index is 11.4. The highest BCUT2D eigenvalue weighted by Gasteiger charge is 2.58. The highest BCUT2D eigenvalue weighted by molar-refractivity contribution is 5.77. The maximum absolute atomic E-state index is 11.4. The van der Waals surface area contributed by atoms with Gasteiger partial charge in [0, 0.05) is 11.6 Å². The smallest absolute Gasteiger partial charge is 0.211 e. The van der Waals surface area contributed by atoms with Gasteiger partial charge in [-0.3, -0.25) is 0 Å². The summed E-state index contributed by atoms with van der Waals surface area (Å²) in [6, 6.07) is 7.39. The van der Waals surface area contributed by atoms with Gasteiger partial charge in [-0.25, -0.2) is 0 Å². The zero-order chi connectivity index (χ0) is 18.8. The van der Waals surface area contributed by atoms with E-state index < -0.39 is 5.60 Å². The molecule has 2 fully saturated rings. The van der Waals surface area contributed by atoms with Crippen molar-refractivity contribution in [3.05, 3.63) is 42.0 Å². The van der Waals surface area contributed by atoms with Gasteiger partial charge in [-0.15, -0.1) is 5.10 Å². The normalized spacial score (nSPS) is 34.2. The molecule has 6 N–H and O–H groups in total. The van der Waals surface area contributed by atoms with Crippen molar-refractivity contribution in [3.8, 4) is 5.75 Å². The summed E-state index contributed by atoms with van der Waals surface area (Å²) in [6.07, 6.45) is 10.1. The first kappa shape index (κ1) is 18.5. The van der Waals surface area contributed by atoms with Crippen LogP contribution in [0, 0.1) is 11.3 Å². The molecule has 1 aromatic carbocycles. The molecule has 140 valence electrons. The van der Waals surface area contributed by atoms with Crippen LogP contribution in [0.5, 0.6) is 5.75 Å². The number of nitrogens with zero attached hydrogens (tertiary/aromatic N) is 2. The summed E-state index contributed by atoms with van der Waals surface area (Å²) in [6.45, 7) is 2.20. The van der Waals surface area contributed by atoms with Crippen molar-refractivity contribution < 1.29 is 10.2 Å². The first-order chi connectivity index (χ1) is 12.3. The van der Waals surface area contributed by atoms with E-state index in [1.54, 1.807) is 18.3 Å². The number of allylic oxidation sites excluding steroid dienone is 2. The van der Waals surface area contributed by atoms with E-state index in [0.717, 1.165) is 32.1 Å². The molecular weight excluding hydrogens is 328 g/mol. The van der Waals surface area contributed by atoms with Crippen LogP contribution in [-0.4, -0.2) is 28.0 Å². The van der Waals surface area contributed by atoms with Crippen molar-refractivity contribution >= 4 is 12.2 Å². The van der Waals surface area contributed by atoms with E-state index in [-0.39, 0.29) is 17.1 Å². The number of benzene rings is 1. The third-order valence-electron chi connectivity index (χ3n) is 6.38. The molecule has 4 atom stereocenters. The molecule has 0 saturated heterocycles. The van der Waals surface area contributed by atoms with Crippen molar-refractivity contribution in [1.29, 1.82) is 0 Å². The lowest BCUT2D eigenvalue weighted by molar-refractivity contribution is -0.0984. The maximum Gasteiger partial charge on any atom is 0.211 e. The van der Waals surface area contributed by atoms with Crippen molar-refractivity contribution in [3.63, 3.8) is 0 Å². The van der Waals surface area contributed by atoms with Crippen molar-refractivity contribution in [1.82, 2.24) is 0 Å². The van der Waals surface area contributed by atoms with Crippen LogP contribution in [-0.2, 0) is 0 Å². The Hall–Kier alpha value is -2.34. The standard InChI is InChI=1S/C20H28N4O2/c1-19-10-8-15(14-4-6-17(25)7-5-14)13-20(19,26)11-9-16(19)3-2-12-23-24-18(21)22/h2-7,12,15-16,25-26H,8-11,13H2,1H3,(H4,21,22,24)/t15-,16-,19+,20-/m0/s1. The van der Waals surface area contributed by atoms with E-state index in [9.17, 15) is 10.2 Å². The lowest BCUT2D eigenvalue weighted by Gasteiger charge is -2.49. The molecule has 0 aromatic heterocycles. The number of fused-ring (bicyclic) bond motifs is 1. The SMILES string of the molecule is C[C@]12CC[C@H](c3ccc(O)cc3)C[C@@]1(O)CC[C@@H]2C=CC=NN=C(N)N. The van der Waals surface area contributed by atoms with Crippen molar-refractivity contribution in [2.75, 3.05) is 0 Å². The van der Waals surface area contributed by atoms with Crippen LogP contribution in [0.25, 0.3) is 0 Å². The summed E-state index contributed by atoms with van der Waals surface area (Å²) >= 11 is 0. The van der Waals surface area contributed by atoms with E-state index in [4.69, 9.17) is 11.5 Å². The third-order valence-corrected chi connectivity index (χ3v) is 6.38. The second-order valence-electron chi connectivity index (χ2n) is 7.80. The molecule has 6 nitrogen and oxygen atoms in total. The molecule has 2 saturated carbocycles. The minimum absolute atomic E-state index is 0.0654. The van der Waals surface area contributed by atoms with Gasteiger partial charge >= 0.3 is 0 Å². The average Bonchev–Trinajstić information content (AvgIpc) is 2.86. The number of rotatable bonds is 4. The number of aliphatic hydroxyl groups is 1. The van der Waals surface area contributed by atoms with E-state index >= 15 is 0 Å². The molecule has 0 unspecified atom stereocenters. The van der Waals surface area contributed by atoms with Gasteiger partial charge in [0.05, 0.1) is 5.60 Å². The minimum Gasteiger partial charge on any atom is -0.508 e. The Kier molecular flexibility index (Phi) is 5.05. The second-order valence-corrected chi connectivity index (χ2v) is 7.80. The molecular formula is C20H28N4O2. The fourth-order valence-electron chi connectivity index (χ4n) is 4.74. The van der Waals surface area contributed by atoms with Crippen LogP contribution in [0.2, 0.25) is 0 Å². The van der Waals surface area contributed by atoms with Crippen LogP contribution in [0.3, 0.4) is 0 Å². The van der Waals surface area contributed by atoms with Gasteiger partial charge in [0.1, 0.15) is 5.75 Å². The van der Waals surface area contributed by atoms with Gasteiger partial charge in [-0.2, -0.15) is 5.10 Å². The number of hydrogen-bond acceptors (Lipinski definition) is 4. The topological polar surface area (TPSA) is 117 Å². The van der Waals surface area contributed by atoms with Gasteiger partial charge < -0.3 is 21.7 Å². The Bertz CT molecular complexity index is 724. The Balaban J connectivity index is 1.71. The van der Waals surface area contributed by atoms with Gasteiger partial charge in [0.15, 0.2) is 0 Å². The summed E-state index contributed by atoms with van der Waals surface area (Å²) in [5.74, 6) is 0.852. The van der Waals surface area contributed by atoms with E-state index in [2.05, 4.69) is 23.2 Å². The summed E-state index contributed by atoms with van der Waals surface area (Å²) in [7, 11) is 0. The van der Waals surface area contributed by atoms with Crippen LogP contribution in [0.1, 0.15) is 50.5 Å². The highest BCUT2D eigenvalue weighted by Crippen LogP contribution is 2.61. The molecule has 0 spiro atoms. The summed E-state index contributed by atoms with van der Waals surface area (Å²) in [4.78, 5) is 0. The number of guanidine groups is 1.